The summed E-state index contributed by atoms with van der Waals surface area (Å²) in [6.45, 7) is 0.440. The molecule has 24 heavy (non-hydrogen) atoms. The lowest BCUT2D eigenvalue weighted by Gasteiger charge is -2.07. The molecule has 124 valence electrons. The molecule has 0 radical (unpaired) electrons. The van der Waals surface area contributed by atoms with Crippen molar-refractivity contribution >= 4 is 23.2 Å². The Morgan fingerprint density at radius 2 is 1.79 bits per heavy atom. The maximum absolute atomic E-state index is 9.66. The lowest BCUT2D eigenvalue weighted by atomic mass is 10.1. The second kappa shape index (κ2) is 7.60. The van der Waals surface area contributed by atoms with Crippen molar-refractivity contribution in [2.45, 2.75) is 12.8 Å². The van der Waals surface area contributed by atoms with Crippen LogP contribution in [0.2, 0.25) is 10.4 Å². The first-order valence-corrected chi connectivity index (χ1v) is 8.21. The summed E-state index contributed by atoms with van der Waals surface area (Å²) in [5.41, 5.74) is 1.60. The van der Waals surface area contributed by atoms with E-state index in [-0.39, 0.29) is 11.1 Å². The van der Waals surface area contributed by atoms with Gasteiger partial charge in [0.05, 0.1) is 6.61 Å². The molecule has 0 atom stereocenters. The van der Waals surface area contributed by atoms with Gasteiger partial charge >= 0.3 is 0 Å². The fourth-order valence-electron chi connectivity index (χ4n) is 2.32. The van der Waals surface area contributed by atoms with E-state index in [2.05, 4.69) is 4.98 Å². The minimum atomic E-state index is 0.108. The zero-order valence-corrected chi connectivity index (χ0v) is 14.2. The van der Waals surface area contributed by atoms with E-state index < -0.39 is 0 Å². The number of ether oxygens (including phenoxy) is 1. The van der Waals surface area contributed by atoms with Gasteiger partial charge in [-0.2, -0.15) is 4.98 Å². The Bertz CT molecular complexity index is 815. The number of oxazole rings is 1. The van der Waals surface area contributed by atoms with Gasteiger partial charge in [0.1, 0.15) is 11.5 Å². The predicted molar refractivity (Wildman–Crippen MR) is 93.9 cm³/mol. The van der Waals surface area contributed by atoms with E-state index in [0.29, 0.717) is 41.7 Å². The third-order valence-corrected chi connectivity index (χ3v) is 3.87. The first kappa shape index (κ1) is 16.7. The summed E-state index contributed by atoms with van der Waals surface area (Å²) in [7, 11) is 0. The van der Waals surface area contributed by atoms with Crippen molar-refractivity contribution in [2.75, 3.05) is 6.61 Å². The van der Waals surface area contributed by atoms with Gasteiger partial charge in [-0.3, -0.25) is 0 Å². The zero-order valence-electron chi connectivity index (χ0n) is 12.7. The fourth-order valence-corrected chi connectivity index (χ4v) is 2.62. The molecule has 3 rings (SSSR count). The van der Waals surface area contributed by atoms with E-state index in [1.54, 1.807) is 30.3 Å². The van der Waals surface area contributed by atoms with E-state index in [9.17, 15) is 5.11 Å². The summed E-state index contributed by atoms with van der Waals surface area (Å²) in [4.78, 5) is 4.24. The van der Waals surface area contributed by atoms with Crippen LogP contribution in [0.3, 0.4) is 0 Å². The number of aromatic nitrogens is 1. The molecule has 6 heteroatoms. The van der Waals surface area contributed by atoms with Crippen LogP contribution >= 0.6 is 23.2 Å². The van der Waals surface area contributed by atoms with E-state index in [4.69, 9.17) is 32.4 Å². The molecular weight excluding hydrogens is 349 g/mol. The highest BCUT2D eigenvalue weighted by Crippen LogP contribution is 2.29. The molecule has 0 bridgehead atoms. The molecule has 0 aliphatic carbocycles. The van der Waals surface area contributed by atoms with Gasteiger partial charge in [-0.25, -0.2) is 0 Å². The van der Waals surface area contributed by atoms with Gasteiger partial charge in [0, 0.05) is 17.0 Å². The van der Waals surface area contributed by atoms with Crippen LogP contribution in [-0.4, -0.2) is 16.7 Å². The number of nitrogens with zero attached hydrogens (tertiary/aromatic N) is 1. The summed E-state index contributed by atoms with van der Waals surface area (Å²) >= 11 is 11.8. The molecule has 3 aromatic rings. The normalized spacial score (nSPS) is 10.8. The minimum Gasteiger partial charge on any atom is -0.504 e. The van der Waals surface area contributed by atoms with Gasteiger partial charge in [0.25, 0.3) is 5.35 Å². The summed E-state index contributed by atoms with van der Waals surface area (Å²) in [6, 6.07) is 14.2. The second-order valence-electron chi connectivity index (χ2n) is 5.17. The number of para-hydroxylation sites is 2. The highest BCUT2D eigenvalue weighted by molar-refractivity contribution is 6.30. The Morgan fingerprint density at radius 3 is 2.54 bits per heavy atom. The van der Waals surface area contributed by atoms with Gasteiger partial charge in [-0.05, 0) is 42.3 Å². The number of aryl methyl sites for hydroxylation is 1. The van der Waals surface area contributed by atoms with E-state index in [1.165, 1.54) is 0 Å². The van der Waals surface area contributed by atoms with Gasteiger partial charge in [0.15, 0.2) is 11.5 Å². The fraction of sp³-hybridized carbons (Fsp3) is 0.167. The average Bonchev–Trinajstić information content (AvgIpc) is 2.94. The van der Waals surface area contributed by atoms with E-state index in [0.717, 1.165) is 5.56 Å². The number of phenolic OH excluding ortho intramolecular Hbond substituents is 1. The van der Waals surface area contributed by atoms with Crippen LogP contribution in [0.4, 0.5) is 0 Å². The molecule has 0 aliphatic heterocycles. The van der Waals surface area contributed by atoms with Gasteiger partial charge in [0.2, 0.25) is 0 Å². The summed E-state index contributed by atoms with van der Waals surface area (Å²) in [6.07, 6.45) is 1.31. The summed E-state index contributed by atoms with van der Waals surface area (Å²) in [5.74, 6) is 1.29. The van der Waals surface area contributed by atoms with Crippen molar-refractivity contribution in [3.8, 4) is 22.8 Å². The third kappa shape index (κ3) is 4.02. The number of aromatic hydroxyl groups is 1. The lowest BCUT2D eigenvalue weighted by Crippen LogP contribution is -2.00. The number of phenols is 1. The number of benzene rings is 2. The number of rotatable bonds is 6. The number of halogens is 2. The number of hydrogen-bond donors (Lipinski definition) is 1. The molecule has 0 aliphatic rings. The second-order valence-corrected chi connectivity index (χ2v) is 5.93. The maximum Gasteiger partial charge on any atom is 0.292 e. The SMILES string of the molecule is Oc1ccccc1OCCCc1oc(Cl)nc1-c1ccc(Cl)cc1. The molecule has 1 aromatic heterocycles. The predicted octanol–water partition coefficient (Wildman–Crippen LogP) is 5.37. The molecule has 0 fully saturated rings. The Kier molecular flexibility index (Phi) is 5.28. The molecule has 1 N–H and O–H groups in total. The first-order valence-electron chi connectivity index (χ1n) is 7.45. The highest BCUT2D eigenvalue weighted by atomic mass is 35.5. The van der Waals surface area contributed by atoms with Crippen molar-refractivity contribution in [3.63, 3.8) is 0 Å². The Hall–Kier alpha value is -2.17. The average molecular weight is 364 g/mol. The van der Waals surface area contributed by atoms with Crippen LogP contribution in [0, 0.1) is 0 Å². The van der Waals surface area contributed by atoms with Crippen LogP contribution in [0.25, 0.3) is 11.3 Å². The number of hydrogen-bond acceptors (Lipinski definition) is 4. The van der Waals surface area contributed by atoms with Crippen molar-refractivity contribution in [2.24, 2.45) is 0 Å². The molecule has 2 aromatic carbocycles. The van der Waals surface area contributed by atoms with Gasteiger partial charge < -0.3 is 14.3 Å². The minimum absolute atomic E-state index is 0.108. The first-order chi connectivity index (χ1) is 11.6. The Labute approximate surface area is 149 Å². The molecule has 0 spiro atoms. The van der Waals surface area contributed by atoms with Gasteiger partial charge in [-0.15, -0.1) is 0 Å². The smallest absolute Gasteiger partial charge is 0.292 e. The van der Waals surface area contributed by atoms with Crippen molar-refractivity contribution in [1.82, 2.24) is 4.98 Å². The monoisotopic (exact) mass is 363 g/mol. The Balaban J connectivity index is 1.63. The van der Waals surface area contributed by atoms with Crippen LogP contribution in [0.1, 0.15) is 12.2 Å². The molecule has 0 saturated heterocycles. The van der Waals surface area contributed by atoms with Crippen molar-refractivity contribution < 1.29 is 14.3 Å². The van der Waals surface area contributed by atoms with E-state index >= 15 is 0 Å². The van der Waals surface area contributed by atoms with Crippen LogP contribution in [0.15, 0.2) is 52.9 Å². The molecule has 0 amide bonds. The highest BCUT2D eigenvalue weighted by Gasteiger charge is 2.14. The summed E-state index contributed by atoms with van der Waals surface area (Å²) in [5, 5.41) is 10.4. The topological polar surface area (TPSA) is 55.5 Å². The largest absolute Gasteiger partial charge is 0.504 e. The summed E-state index contributed by atoms with van der Waals surface area (Å²) < 4.78 is 11.1. The quantitative estimate of drug-likeness (QED) is 0.598. The molecule has 1 heterocycles. The third-order valence-electron chi connectivity index (χ3n) is 3.46. The van der Waals surface area contributed by atoms with Crippen molar-refractivity contribution in [3.05, 3.63) is 64.7 Å². The molecule has 0 saturated carbocycles. The zero-order chi connectivity index (χ0) is 16.9. The molecular formula is C18H15Cl2NO3. The van der Waals surface area contributed by atoms with E-state index in [1.807, 2.05) is 18.2 Å². The van der Waals surface area contributed by atoms with Crippen molar-refractivity contribution in [1.29, 1.82) is 0 Å². The maximum atomic E-state index is 9.66. The standard InChI is InChI=1S/C18H15Cl2NO3/c19-13-9-7-12(8-10-13)17-16(24-18(20)21-17)6-3-11-23-15-5-2-1-4-14(15)22/h1-2,4-5,7-10,22H,3,6,11H2. The lowest BCUT2D eigenvalue weighted by molar-refractivity contribution is 0.290. The Morgan fingerprint density at radius 1 is 1.04 bits per heavy atom. The van der Waals surface area contributed by atoms with Gasteiger partial charge in [-0.1, -0.05) is 35.9 Å². The molecule has 0 unspecified atom stereocenters. The molecule has 4 nitrogen and oxygen atoms in total. The van der Waals surface area contributed by atoms with Crippen LogP contribution < -0.4 is 4.74 Å². The van der Waals surface area contributed by atoms with Crippen LogP contribution in [-0.2, 0) is 6.42 Å². The van der Waals surface area contributed by atoms with Crippen LogP contribution in [0.5, 0.6) is 11.5 Å².